The molecule has 3 nitrogen and oxygen atoms in total. The van der Waals surface area contributed by atoms with Crippen molar-refractivity contribution in [3.8, 4) is 0 Å². The number of hydrogen-bond acceptors (Lipinski definition) is 2. The van der Waals surface area contributed by atoms with Gasteiger partial charge in [-0.05, 0) is 12.8 Å². The van der Waals surface area contributed by atoms with Gasteiger partial charge >= 0.3 is 0 Å². The molecule has 0 unspecified atom stereocenters. The summed E-state index contributed by atoms with van der Waals surface area (Å²) in [6, 6.07) is 1.71. The number of carbonyl (C=O) groups excluding carboxylic acids is 1. The first-order valence-electron chi connectivity index (χ1n) is 6.72. The quantitative estimate of drug-likeness (QED) is 0.765. The van der Waals surface area contributed by atoms with Crippen LogP contribution < -0.4 is 4.90 Å². The zero-order valence-electron chi connectivity index (χ0n) is 10.4. The molecule has 1 aliphatic heterocycles. The summed E-state index contributed by atoms with van der Waals surface area (Å²) < 4.78 is 13.4. The molecule has 18 heavy (non-hydrogen) atoms. The van der Waals surface area contributed by atoms with Crippen molar-refractivity contribution in [2.45, 2.75) is 51.0 Å². The molecule has 96 valence electrons. The van der Waals surface area contributed by atoms with Gasteiger partial charge in [-0.1, -0.05) is 19.3 Å². The average Bonchev–Trinajstić information content (AvgIpc) is 2.39. The molecule has 2 heterocycles. The van der Waals surface area contributed by atoms with E-state index >= 15 is 0 Å². The van der Waals surface area contributed by atoms with Crippen LogP contribution in [0.3, 0.4) is 0 Å². The van der Waals surface area contributed by atoms with Crippen LogP contribution in [0.5, 0.6) is 0 Å². The van der Waals surface area contributed by atoms with Gasteiger partial charge in [-0.15, -0.1) is 0 Å². The Morgan fingerprint density at radius 2 is 2.00 bits per heavy atom. The summed E-state index contributed by atoms with van der Waals surface area (Å²) >= 11 is 0. The number of rotatable bonds is 1. The van der Waals surface area contributed by atoms with Crippen molar-refractivity contribution in [1.82, 2.24) is 4.98 Å². The van der Waals surface area contributed by atoms with Gasteiger partial charge in [-0.25, -0.2) is 4.39 Å². The number of anilines is 1. The maximum absolute atomic E-state index is 13.4. The highest BCUT2D eigenvalue weighted by molar-refractivity contribution is 5.96. The van der Waals surface area contributed by atoms with Crippen molar-refractivity contribution in [3.63, 3.8) is 0 Å². The Morgan fingerprint density at radius 1 is 1.22 bits per heavy atom. The normalized spacial score (nSPS) is 20.9. The molecule has 1 fully saturated rings. The minimum atomic E-state index is -0.357. The Morgan fingerprint density at radius 3 is 2.78 bits per heavy atom. The predicted octanol–water partition coefficient (Wildman–Crippen LogP) is 2.83. The van der Waals surface area contributed by atoms with Crippen LogP contribution in [0, 0.1) is 5.82 Å². The van der Waals surface area contributed by atoms with E-state index in [0.717, 1.165) is 31.4 Å². The lowest BCUT2D eigenvalue weighted by Gasteiger charge is -2.37. The Balaban J connectivity index is 1.97. The minimum absolute atomic E-state index is 0.127. The molecule has 1 saturated carbocycles. The fraction of sp³-hybridized carbons (Fsp3) is 0.571. The lowest BCUT2D eigenvalue weighted by atomic mass is 9.92. The fourth-order valence-electron chi connectivity index (χ4n) is 3.08. The number of fused-ring (bicyclic) bond motifs is 1. The van der Waals surface area contributed by atoms with Crippen LogP contribution in [0.15, 0.2) is 12.3 Å². The summed E-state index contributed by atoms with van der Waals surface area (Å²) in [5, 5.41) is 0. The number of aromatic nitrogens is 1. The Hall–Kier alpha value is -1.45. The van der Waals surface area contributed by atoms with Crippen molar-refractivity contribution in [2.75, 3.05) is 4.90 Å². The molecule has 1 aromatic rings. The first kappa shape index (κ1) is 11.6. The van der Waals surface area contributed by atoms with Crippen LogP contribution in [0.2, 0.25) is 0 Å². The van der Waals surface area contributed by atoms with Crippen LogP contribution >= 0.6 is 0 Å². The van der Waals surface area contributed by atoms with Gasteiger partial charge in [0.1, 0.15) is 5.82 Å². The lowest BCUT2D eigenvalue weighted by Crippen LogP contribution is -2.44. The molecule has 3 rings (SSSR count). The third-order valence-electron chi connectivity index (χ3n) is 3.96. The van der Waals surface area contributed by atoms with Crippen molar-refractivity contribution < 1.29 is 9.18 Å². The highest BCUT2D eigenvalue weighted by Crippen LogP contribution is 2.33. The first-order chi connectivity index (χ1) is 8.75. The van der Waals surface area contributed by atoms with Gasteiger partial charge in [0.05, 0.1) is 17.6 Å². The van der Waals surface area contributed by atoms with E-state index in [0.29, 0.717) is 18.5 Å². The highest BCUT2D eigenvalue weighted by atomic mass is 19.1. The summed E-state index contributed by atoms with van der Waals surface area (Å²) in [4.78, 5) is 18.1. The van der Waals surface area contributed by atoms with Gasteiger partial charge in [-0.2, -0.15) is 0 Å². The molecule has 1 aromatic heterocycles. The van der Waals surface area contributed by atoms with Crippen molar-refractivity contribution in [2.24, 2.45) is 0 Å². The van der Waals surface area contributed by atoms with E-state index in [1.165, 1.54) is 18.7 Å². The van der Waals surface area contributed by atoms with E-state index in [-0.39, 0.29) is 17.8 Å². The van der Waals surface area contributed by atoms with E-state index < -0.39 is 0 Å². The summed E-state index contributed by atoms with van der Waals surface area (Å²) in [5.41, 5.74) is 1.57. The molecule has 4 heteroatoms. The Bertz CT molecular complexity index is 469. The second-order valence-corrected chi connectivity index (χ2v) is 5.17. The van der Waals surface area contributed by atoms with Crippen molar-refractivity contribution in [3.05, 3.63) is 23.8 Å². The van der Waals surface area contributed by atoms with Crippen LogP contribution in [-0.2, 0) is 11.2 Å². The molecule has 2 aliphatic rings. The van der Waals surface area contributed by atoms with Gasteiger partial charge < -0.3 is 4.90 Å². The monoisotopic (exact) mass is 248 g/mol. The molecule has 0 spiro atoms. The first-order valence-corrected chi connectivity index (χ1v) is 6.72. The third kappa shape index (κ3) is 2.00. The van der Waals surface area contributed by atoms with Crippen molar-refractivity contribution >= 4 is 11.6 Å². The molecule has 0 radical (unpaired) electrons. The molecule has 1 aliphatic carbocycles. The molecule has 0 atom stereocenters. The van der Waals surface area contributed by atoms with Gasteiger partial charge in [0.2, 0.25) is 5.91 Å². The summed E-state index contributed by atoms with van der Waals surface area (Å²) in [6.45, 7) is 0. The van der Waals surface area contributed by atoms with E-state index in [2.05, 4.69) is 4.98 Å². The second kappa shape index (κ2) is 4.67. The molecular weight excluding hydrogens is 231 g/mol. The van der Waals surface area contributed by atoms with E-state index in [1.54, 1.807) is 0 Å². The average molecular weight is 248 g/mol. The number of aryl methyl sites for hydroxylation is 1. The predicted molar refractivity (Wildman–Crippen MR) is 66.9 cm³/mol. The smallest absolute Gasteiger partial charge is 0.227 e. The summed E-state index contributed by atoms with van der Waals surface area (Å²) in [7, 11) is 0. The minimum Gasteiger partial charge on any atom is -0.307 e. The number of carbonyl (C=O) groups is 1. The maximum atomic E-state index is 13.4. The molecular formula is C14H17FN2O. The fourth-order valence-corrected chi connectivity index (χ4v) is 3.08. The van der Waals surface area contributed by atoms with Crippen LogP contribution in [0.4, 0.5) is 10.1 Å². The summed E-state index contributed by atoms with van der Waals surface area (Å²) in [5.74, 6) is -0.231. The number of amides is 1. The lowest BCUT2D eigenvalue weighted by molar-refractivity contribution is -0.119. The largest absolute Gasteiger partial charge is 0.307 e. The Labute approximate surface area is 106 Å². The Kier molecular flexibility index (Phi) is 3.02. The number of nitrogens with zero attached hydrogens (tertiary/aromatic N) is 2. The number of pyridine rings is 1. The molecule has 1 amide bonds. The molecule has 0 N–H and O–H groups in total. The van der Waals surface area contributed by atoms with Gasteiger partial charge in [0.25, 0.3) is 0 Å². The highest BCUT2D eigenvalue weighted by Gasteiger charge is 2.32. The van der Waals surface area contributed by atoms with Crippen molar-refractivity contribution in [1.29, 1.82) is 0 Å². The number of hydrogen-bond donors (Lipinski definition) is 0. The zero-order chi connectivity index (χ0) is 12.5. The summed E-state index contributed by atoms with van der Waals surface area (Å²) in [6.07, 6.45) is 8.00. The molecule has 0 aromatic carbocycles. The molecule has 0 saturated heterocycles. The van der Waals surface area contributed by atoms with Gasteiger partial charge in [0, 0.05) is 24.9 Å². The zero-order valence-corrected chi connectivity index (χ0v) is 10.4. The maximum Gasteiger partial charge on any atom is 0.227 e. The molecule has 0 bridgehead atoms. The van der Waals surface area contributed by atoms with Crippen LogP contribution in [0.25, 0.3) is 0 Å². The topological polar surface area (TPSA) is 33.2 Å². The van der Waals surface area contributed by atoms with Gasteiger partial charge in [0.15, 0.2) is 0 Å². The third-order valence-corrected chi connectivity index (χ3v) is 3.96. The standard InChI is InChI=1S/C14H17FN2O/c15-10-8-13-12(16-9-10)6-7-14(18)17(13)11-4-2-1-3-5-11/h8-9,11H,1-7H2. The van der Waals surface area contributed by atoms with E-state index in [1.807, 2.05) is 4.90 Å². The van der Waals surface area contributed by atoms with Gasteiger partial charge in [-0.3, -0.25) is 9.78 Å². The van der Waals surface area contributed by atoms with Crippen LogP contribution in [0.1, 0.15) is 44.2 Å². The second-order valence-electron chi connectivity index (χ2n) is 5.17. The number of halogens is 1. The SMILES string of the molecule is O=C1CCc2ncc(F)cc2N1C1CCCCC1. The van der Waals surface area contributed by atoms with Crippen LogP contribution in [-0.4, -0.2) is 16.9 Å². The van der Waals surface area contributed by atoms with E-state index in [9.17, 15) is 9.18 Å². The van der Waals surface area contributed by atoms with E-state index in [4.69, 9.17) is 0 Å².